The fourth-order valence-corrected chi connectivity index (χ4v) is 6.63. The molecule has 4 atom stereocenters. The van der Waals surface area contributed by atoms with E-state index in [1.54, 1.807) is 19.1 Å². The lowest BCUT2D eigenvalue weighted by atomic mass is 9.58. The van der Waals surface area contributed by atoms with Gasteiger partial charge in [0, 0.05) is 16.0 Å². The number of anilines is 1. The highest BCUT2D eigenvalue weighted by molar-refractivity contribution is 6.31. The van der Waals surface area contributed by atoms with Crippen molar-refractivity contribution in [3.8, 4) is 0 Å². The quantitative estimate of drug-likeness (QED) is 0.173. The number of Topliss-reactive ketones (excluding diaryl/α,β-unsaturated/α-hetero) is 1. The molecule has 1 saturated carbocycles. The summed E-state index contributed by atoms with van der Waals surface area (Å²) >= 11 is 12.5. The minimum Gasteiger partial charge on any atom is -0.465 e. The molecule has 7 heteroatoms. The minimum absolute atomic E-state index is 0.182. The van der Waals surface area contributed by atoms with Gasteiger partial charge in [-0.05, 0) is 66.4 Å². The molecule has 1 aliphatic carbocycles. The summed E-state index contributed by atoms with van der Waals surface area (Å²) in [4.78, 5) is 28.5. The Kier molecular flexibility index (Phi) is 7.41. The second kappa shape index (κ2) is 11.2. The van der Waals surface area contributed by atoms with Crippen LogP contribution in [-0.2, 0) is 19.9 Å². The van der Waals surface area contributed by atoms with Crippen molar-refractivity contribution < 1.29 is 14.3 Å². The molecule has 6 rings (SSSR count). The number of esters is 1. The van der Waals surface area contributed by atoms with E-state index in [0.717, 1.165) is 22.4 Å². The lowest BCUT2D eigenvalue weighted by Crippen LogP contribution is -2.58. The molecule has 0 bridgehead atoms. The van der Waals surface area contributed by atoms with E-state index >= 15 is 0 Å². The molecule has 4 aromatic carbocycles. The Morgan fingerprint density at radius 2 is 1.46 bits per heavy atom. The Bertz CT molecular complexity index is 1590. The number of hydrogen-bond acceptors (Lipinski definition) is 5. The third kappa shape index (κ3) is 4.73. The summed E-state index contributed by atoms with van der Waals surface area (Å²) in [6, 6.07) is 34.5. The molecule has 0 spiro atoms. The first-order chi connectivity index (χ1) is 19.9. The van der Waals surface area contributed by atoms with Gasteiger partial charge in [0.15, 0.2) is 5.78 Å². The molecule has 0 aromatic heterocycles. The number of hydrazone groups is 1. The summed E-state index contributed by atoms with van der Waals surface area (Å²) in [7, 11) is 0. The molecule has 1 fully saturated rings. The van der Waals surface area contributed by atoms with Gasteiger partial charge in [-0.1, -0.05) is 96.0 Å². The maximum absolute atomic E-state index is 14.9. The fraction of sp³-hybridized carbons (Fsp3) is 0.206. The average Bonchev–Trinajstić information content (AvgIpc) is 3.35. The molecule has 5 nitrogen and oxygen atoms in total. The average molecular weight is 584 g/mol. The molecule has 4 aromatic rings. The molecule has 0 amide bonds. The van der Waals surface area contributed by atoms with Crippen molar-refractivity contribution in [3.63, 3.8) is 0 Å². The topological polar surface area (TPSA) is 59.0 Å². The van der Waals surface area contributed by atoms with Gasteiger partial charge < -0.3 is 4.74 Å². The Balaban J connectivity index is 1.63. The third-order valence-corrected chi connectivity index (χ3v) is 8.62. The first kappa shape index (κ1) is 27.3. The number of carbonyl (C=O) groups excluding carboxylic acids is 2. The van der Waals surface area contributed by atoms with Crippen molar-refractivity contribution in [2.75, 3.05) is 11.6 Å². The van der Waals surface area contributed by atoms with Gasteiger partial charge in [-0.15, -0.1) is 0 Å². The van der Waals surface area contributed by atoms with Gasteiger partial charge in [0.05, 0.1) is 23.9 Å². The van der Waals surface area contributed by atoms with Crippen LogP contribution in [0.4, 0.5) is 5.69 Å². The van der Waals surface area contributed by atoms with Crippen LogP contribution >= 0.6 is 23.2 Å². The normalized spacial score (nSPS) is 23.6. The van der Waals surface area contributed by atoms with Crippen molar-refractivity contribution >= 4 is 46.4 Å². The van der Waals surface area contributed by atoms with Gasteiger partial charge in [-0.3, -0.25) is 14.6 Å². The second-order valence-electron chi connectivity index (χ2n) is 10.4. The standard InChI is InChI=1S/C34H28Cl2N2O3/c1-2-41-33(40)29-28(22-13-15-25(35)16-14-22)21-34(24-11-7-4-8-12-24)30(32(29)39)31(23-9-5-3-6-10-23)37-38(34)27-19-17-26(36)18-20-27/h3-20,28-30H,2,21H2,1H3/t28?,29?,30-,34+/m1/s1. The van der Waals surface area contributed by atoms with Gasteiger partial charge in [-0.25, -0.2) is 0 Å². The van der Waals surface area contributed by atoms with Crippen LogP contribution in [0, 0.1) is 11.8 Å². The zero-order chi connectivity index (χ0) is 28.6. The smallest absolute Gasteiger partial charge is 0.317 e. The van der Waals surface area contributed by atoms with Crippen molar-refractivity contribution in [3.05, 3.63) is 136 Å². The Labute approximate surface area is 249 Å². The molecule has 0 radical (unpaired) electrons. The summed E-state index contributed by atoms with van der Waals surface area (Å²) in [5.41, 5.74) is 3.10. The lowest BCUT2D eigenvalue weighted by Gasteiger charge is -2.49. The van der Waals surface area contributed by atoms with Gasteiger partial charge in [-0.2, -0.15) is 5.10 Å². The number of ether oxygens (including phenoxy) is 1. The molecule has 0 saturated heterocycles. The van der Waals surface area contributed by atoms with Crippen molar-refractivity contribution in [2.24, 2.45) is 16.9 Å². The third-order valence-electron chi connectivity index (χ3n) is 8.11. The summed E-state index contributed by atoms with van der Waals surface area (Å²) in [6.07, 6.45) is 0.432. The molecule has 2 unspecified atom stereocenters. The number of benzene rings is 4. The van der Waals surface area contributed by atoms with E-state index in [4.69, 9.17) is 33.0 Å². The maximum atomic E-state index is 14.9. The predicted octanol–water partition coefficient (Wildman–Crippen LogP) is 7.67. The Morgan fingerprint density at radius 1 is 0.878 bits per heavy atom. The predicted molar refractivity (Wildman–Crippen MR) is 162 cm³/mol. The SMILES string of the molecule is CCOC(=O)C1C(=O)[C@H]2C(c3ccccc3)=NN(c3ccc(Cl)cc3)[C@]2(c2ccccc2)CC1c1ccc(Cl)cc1. The fourth-order valence-electron chi connectivity index (χ4n) is 6.38. The van der Waals surface area contributed by atoms with Crippen LogP contribution in [0.2, 0.25) is 10.0 Å². The van der Waals surface area contributed by atoms with Crippen molar-refractivity contribution in [1.82, 2.24) is 0 Å². The van der Waals surface area contributed by atoms with E-state index in [1.807, 2.05) is 102 Å². The zero-order valence-electron chi connectivity index (χ0n) is 22.4. The molecule has 0 N–H and O–H groups in total. The zero-order valence-corrected chi connectivity index (χ0v) is 23.9. The van der Waals surface area contributed by atoms with Gasteiger partial charge in [0.25, 0.3) is 0 Å². The maximum Gasteiger partial charge on any atom is 0.317 e. The highest BCUT2D eigenvalue weighted by atomic mass is 35.5. The van der Waals surface area contributed by atoms with Crippen LogP contribution < -0.4 is 5.01 Å². The molecule has 1 aliphatic heterocycles. The van der Waals surface area contributed by atoms with Crippen LogP contribution in [0.15, 0.2) is 114 Å². The van der Waals surface area contributed by atoms with Crippen LogP contribution in [0.25, 0.3) is 0 Å². The van der Waals surface area contributed by atoms with Gasteiger partial charge in [0.1, 0.15) is 11.5 Å². The summed E-state index contributed by atoms with van der Waals surface area (Å²) in [5.74, 6) is -2.94. The molecule has 2 aliphatic rings. The number of fused-ring (bicyclic) bond motifs is 1. The summed E-state index contributed by atoms with van der Waals surface area (Å²) in [6.45, 7) is 1.94. The number of ketones is 1. The van der Waals surface area contributed by atoms with Gasteiger partial charge in [0.2, 0.25) is 0 Å². The molecular formula is C34H28Cl2N2O3. The second-order valence-corrected chi connectivity index (χ2v) is 11.2. The van der Waals surface area contributed by atoms with Crippen molar-refractivity contribution in [2.45, 2.75) is 24.8 Å². The monoisotopic (exact) mass is 582 g/mol. The highest BCUT2D eigenvalue weighted by Gasteiger charge is 2.64. The molecule has 1 heterocycles. The lowest BCUT2D eigenvalue weighted by molar-refractivity contribution is -0.155. The molecular weight excluding hydrogens is 555 g/mol. The van der Waals surface area contributed by atoms with Crippen LogP contribution in [0.5, 0.6) is 0 Å². The largest absolute Gasteiger partial charge is 0.465 e. The van der Waals surface area contributed by atoms with E-state index < -0.39 is 29.3 Å². The number of rotatable bonds is 6. The number of halogens is 2. The number of nitrogens with zero attached hydrogens (tertiary/aromatic N) is 2. The highest BCUT2D eigenvalue weighted by Crippen LogP contribution is 2.57. The van der Waals surface area contributed by atoms with Crippen LogP contribution in [0.3, 0.4) is 0 Å². The Hall–Kier alpha value is -3.93. The van der Waals surface area contributed by atoms with E-state index in [9.17, 15) is 9.59 Å². The van der Waals surface area contributed by atoms with E-state index in [2.05, 4.69) is 0 Å². The minimum atomic E-state index is -1.00. The summed E-state index contributed by atoms with van der Waals surface area (Å²) in [5, 5.41) is 8.35. The van der Waals surface area contributed by atoms with Crippen LogP contribution in [-0.4, -0.2) is 24.1 Å². The molecule has 206 valence electrons. The van der Waals surface area contributed by atoms with Crippen molar-refractivity contribution in [1.29, 1.82) is 0 Å². The summed E-state index contributed by atoms with van der Waals surface area (Å²) < 4.78 is 5.53. The molecule has 41 heavy (non-hydrogen) atoms. The number of hydrogen-bond donors (Lipinski definition) is 0. The van der Waals surface area contributed by atoms with E-state index in [-0.39, 0.29) is 12.4 Å². The Morgan fingerprint density at radius 3 is 2.07 bits per heavy atom. The van der Waals surface area contributed by atoms with E-state index in [1.165, 1.54) is 0 Å². The number of carbonyl (C=O) groups is 2. The van der Waals surface area contributed by atoms with E-state index in [0.29, 0.717) is 22.2 Å². The first-order valence-corrected chi connectivity index (χ1v) is 14.4. The van der Waals surface area contributed by atoms with Crippen LogP contribution in [0.1, 0.15) is 36.0 Å². The van der Waals surface area contributed by atoms with Gasteiger partial charge >= 0.3 is 5.97 Å². The first-order valence-electron chi connectivity index (χ1n) is 13.6.